The highest BCUT2D eigenvalue weighted by atomic mass is 35.5. The van der Waals surface area contributed by atoms with E-state index in [-0.39, 0.29) is 18.3 Å². The van der Waals surface area contributed by atoms with Gasteiger partial charge in [0.15, 0.2) is 0 Å². The van der Waals surface area contributed by atoms with Gasteiger partial charge in [-0.05, 0) is 48.5 Å². The van der Waals surface area contributed by atoms with Crippen LogP contribution in [0.4, 0.5) is 4.39 Å². The maximum atomic E-state index is 13.0. The quantitative estimate of drug-likeness (QED) is 0.659. The maximum Gasteiger partial charge on any atom is 0.246 e. The maximum absolute atomic E-state index is 13.0. The molecule has 0 spiro atoms. The number of thiophene rings is 1. The summed E-state index contributed by atoms with van der Waals surface area (Å²) in [5.74, 6) is -0.102. The predicted molar refractivity (Wildman–Crippen MR) is 93.6 cm³/mol. The molecule has 0 aliphatic carbocycles. The number of aromatic nitrogens is 4. The number of hydrogen-bond acceptors (Lipinski definition) is 5. The van der Waals surface area contributed by atoms with Gasteiger partial charge in [-0.15, -0.1) is 21.5 Å². The van der Waals surface area contributed by atoms with Gasteiger partial charge in [0, 0.05) is 17.0 Å². The van der Waals surface area contributed by atoms with Gasteiger partial charge in [-0.25, -0.2) is 4.39 Å². The lowest BCUT2D eigenvalue weighted by molar-refractivity contribution is -0.132. The third kappa shape index (κ3) is 4.40. The summed E-state index contributed by atoms with van der Waals surface area (Å²) in [5.41, 5.74) is 0.640. The Morgan fingerprint density at radius 2 is 2.04 bits per heavy atom. The van der Waals surface area contributed by atoms with Crippen LogP contribution in [0, 0.1) is 5.82 Å². The van der Waals surface area contributed by atoms with E-state index in [9.17, 15) is 9.18 Å². The van der Waals surface area contributed by atoms with E-state index in [0.717, 1.165) is 4.88 Å². The van der Waals surface area contributed by atoms with Crippen LogP contribution in [-0.2, 0) is 17.9 Å². The molecule has 0 bridgehead atoms. The summed E-state index contributed by atoms with van der Waals surface area (Å²) in [6.45, 7) is 2.95. The highest BCUT2D eigenvalue weighted by Crippen LogP contribution is 2.22. The molecule has 0 aliphatic heterocycles. The van der Waals surface area contributed by atoms with E-state index >= 15 is 0 Å². The first kappa shape index (κ1) is 17.5. The van der Waals surface area contributed by atoms with Crippen molar-refractivity contribution in [3.8, 4) is 11.4 Å². The van der Waals surface area contributed by atoms with Crippen LogP contribution in [-0.4, -0.2) is 37.6 Å². The fourth-order valence-corrected chi connectivity index (χ4v) is 3.35. The number of benzene rings is 1. The Morgan fingerprint density at radius 3 is 2.68 bits per heavy atom. The van der Waals surface area contributed by atoms with Crippen molar-refractivity contribution in [3.05, 3.63) is 51.4 Å². The Bertz CT molecular complexity index is 864. The molecule has 0 radical (unpaired) electrons. The Kier molecular flexibility index (Phi) is 5.40. The Labute approximate surface area is 152 Å². The number of carbonyl (C=O) groups excluding carboxylic acids is 1. The smallest absolute Gasteiger partial charge is 0.246 e. The van der Waals surface area contributed by atoms with Crippen LogP contribution in [0.15, 0.2) is 36.4 Å². The summed E-state index contributed by atoms with van der Waals surface area (Å²) >= 11 is 7.37. The van der Waals surface area contributed by atoms with Crippen molar-refractivity contribution >= 4 is 28.8 Å². The van der Waals surface area contributed by atoms with Crippen LogP contribution < -0.4 is 0 Å². The zero-order chi connectivity index (χ0) is 17.8. The topological polar surface area (TPSA) is 63.9 Å². The van der Waals surface area contributed by atoms with Crippen molar-refractivity contribution in [1.82, 2.24) is 25.1 Å². The number of carbonyl (C=O) groups is 1. The molecule has 0 fully saturated rings. The highest BCUT2D eigenvalue weighted by Gasteiger charge is 2.16. The largest absolute Gasteiger partial charge is 0.336 e. The lowest BCUT2D eigenvalue weighted by Gasteiger charge is -2.19. The van der Waals surface area contributed by atoms with Gasteiger partial charge in [-0.2, -0.15) is 4.80 Å². The van der Waals surface area contributed by atoms with Gasteiger partial charge >= 0.3 is 0 Å². The van der Waals surface area contributed by atoms with E-state index in [2.05, 4.69) is 15.4 Å². The summed E-state index contributed by atoms with van der Waals surface area (Å²) in [7, 11) is 0. The van der Waals surface area contributed by atoms with E-state index in [1.165, 1.54) is 28.3 Å². The lowest BCUT2D eigenvalue weighted by atomic mass is 10.2. The van der Waals surface area contributed by atoms with Crippen molar-refractivity contribution in [2.24, 2.45) is 0 Å². The average molecular weight is 380 g/mol. The van der Waals surface area contributed by atoms with Crippen LogP contribution >= 0.6 is 22.9 Å². The number of rotatable bonds is 6. The number of hydrogen-bond donors (Lipinski definition) is 0. The monoisotopic (exact) mass is 379 g/mol. The Balaban J connectivity index is 1.66. The molecule has 0 unspecified atom stereocenters. The standard InChI is InChI=1S/C16H15ClFN5OS/c1-2-22(9-13-7-8-14(17)25-13)15(24)10-23-20-16(19-21-23)11-3-5-12(18)6-4-11/h3-8H,2,9-10H2,1H3. The molecule has 130 valence electrons. The Hall–Kier alpha value is -2.32. The van der Waals surface area contributed by atoms with Gasteiger partial charge in [0.2, 0.25) is 11.7 Å². The minimum atomic E-state index is -0.335. The molecule has 3 rings (SSSR count). The van der Waals surface area contributed by atoms with E-state index in [0.29, 0.717) is 28.8 Å². The molecular weight excluding hydrogens is 365 g/mol. The third-order valence-electron chi connectivity index (χ3n) is 3.54. The van der Waals surface area contributed by atoms with Crippen LogP contribution in [0.3, 0.4) is 0 Å². The second kappa shape index (κ2) is 7.71. The number of nitrogens with zero attached hydrogens (tertiary/aromatic N) is 5. The van der Waals surface area contributed by atoms with Gasteiger partial charge in [0.1, 0.15) is 12.4 Å². The molecule has 3 aromatic rings. The normalized spacial score (nSPS) is 10.8. The number of likely N-dealkylation sites (N-methyl/N-ethyl adjacent to an activating group) is 1. The van der Waals surface area contributed by atoms with Crippen LogP contribution in [0.2, 0.25) is 4.34 Å². The van der Waals surface area contributed by atoms with Crippen LogP contribution in [0.5, 0.6) is 0 Å². The fraction of sp³-hybridized carbons (Fsp3) is 0.250. The molecule has 1 aromatic carbocycles. The van der Waals surface area contributed by atoms with E-state index in [4.69, 9.17) is 11.6 Å². The van der Waals surface area contributed by atoms with Gasteiger partial charge < -0.3 is 4.90 Å². The van der Waals surface area contributed by atoms with Gasteiger partial charge in [0.25, 0.3) is 0 Å². The summed E-state index contributed by atoms with van der Waals surface area (Å²) in [6.07, 6.45) is 0. The summed E-state index contributed by atoms with van der Waals surface area (Å²) < 4.78 is 13.7. The van der Waals surface area contributed by atoms with Gasteiger partial charge in [-0.1, -0.05) is 11.6 Å². The highest BCUT2D eigenvalue weighted by molar-refractivity contribution is 7.16. The van der Waals surface area contributed by atoms with Crippen LogP contribution in [0.25, 0.3) is 11.4 Å². The minimum absolute atomic E-state index is 0.0128. The first-order valence-electron chi connectivity index (χ1n) is 7.61. The number of amides is 1. The second-order valence-electron chi connectivity index (χ2n) is 5.26. The van der Waals surface area contributed by atoms with Crippen molar-refractivity contribution in [1.29, 1.82) is 0 Å². The number of tetrazole rings is 1. The van der Waals surface area contributed by atoms with E-state index < -0.39 is 0 Å². The fourth-order valence-electron chi connectivity index (χ4n) is 2.25. The van der Waals surface area contributed by atoms with Crippen molar-refractivity contribution < 1.29 is 9.18 Å². The first-order chi connectivity index (χ1) is 12.0. The third-order valence-corrected chi connectivity index (χ3v) is 4.76. The van der Waals surface area contributed by atoms with E-state index in [1.807, 2.05) is 19.1 Å². The minimum Gasteiger partial charge on any atom is -0.336 e. The summed E-state index contributed by atoms with van der Waals surface area (Å²) in [6, 6.07) is 9.50. The van der Waals surface area contributed by atoms with Gasteiger partial charge in [-0.3, -0.25) is 4.79 Å². The molecule has 9 heteroatoms. The molecule has 0 saturated heterocycles. The summed E-state index contributed by atoms with van der Waals surface area (Å²) in [4.78, 5) is 16.4. The molecule has 6 nitrogen and oxygen atoms in total. The number of halogens is 2. The molecule has 2 aromatic heterocycles. The Morgan fingerprint density at radius 1 is 1.28 bits per heavy atom. The van der Waals surface area contributed by atoms with E-state index in [1.54, 1.807) is 17.0 Å². The van der Waals surface area contributed by atoms with Crippen LogP contribution in [0.1, 0.15) is 11.8 Å². The van der Waals surface area contributed by atoms with Crippen molar-refractivity contribution in [2.75, 3.05) is 6.54 Å². The predicted octanol–water partition coefficient (Wildman–Crippen LogP) is 3.24. The molecule has 25 heavy (non-hydrogen) atoms. The molecule has 0 saturated carbocycles. The average Bonchev–Trinajstić information content (AvgIpc) is 3.22. The SMILES string of the molecule is CCN(Cc1ccc(Cl)s1)C(=O)Cn1nnc(-c2ccc(F)cc2)n1. The second-order valence-corrected chi connectivity index (χ2v) is 7.06. The van der Waals surface area contributed by atoms with Crippen molar-refractivity contribution in [3.63, 3.8) is 0 Å². The molecule has 2 heterocycles. The first-order valence-corrected chi connectivity index (χ1v) is 8.80. The molecule has 0 atom stereocenters. The zero-order valence-electron chi connectivity index (χ0n) is 13.4. The molecule has 0 aliphatic rings. The molecular formula is C16H15ClFN5OS. The lowest BCUT2D eigenvalue weighted by Crippen LogP contribution is -2.33. The van der Waals surface area contributed by atoms with Crippen molar-refractivity contribution in [2.45, 2.75) is 20.0 Å². The molecule has 1 amide bonds. The molecule has 0 N–H and O–H groups in total. The summed E-state index contributed by atoms with van der Waals surface area (Å²) in [5, 5.41) is 12.0. The zero-order valence-corrected chi connectivity index (χ0v) is 15.0. The van der Waals surface area contributed by atoms with Gasteiger partial charge in [0.05, 0.1) is 10.9 Å².